The van der Waals surface area contributed by atoms with Crippen molar-refractivity contribution < 1.29 is 17.9 Å². The molecular formula is C17H25F3N4OS. The fourth-order valence-electron chi connectivity index (χ4n) is 3.90. The molecule has 1 aromatic rings. The van der Waals surface area contributed by atoms with Gasteiger partial charge in [-0.15, -0.1) is 11.3 Å². The summed E-state index contributed by atoms with van der Waals surface area (Å²) in [4.78, 5) is 8.17. The molecule has 1 aliphatic carbocycles. The highest BCUT2D eigenvalue weighted by Crippen LogP contribution is 2.52. The molecule has 146 valence electrons. The third kappa shape index (κ3) is 3.83. The van der Waals surface area contributed by atoms with Crippen LogP contribution in [-0.2, 0) is 17.3 Å². The standard InChI is InChI=1S/C17H25F3N4OS/c1-4-21-15(24-13-10-6-8-25-14(10)16(13,2)3)22-7-5-12-23-11(9-26-12)17(18,19)20/h9-10,13-14H,4-8H2,1-3H3,(H2,21,22,24). The highest BCUT2D eigenvalue weighted by atomic mass is 32.1. The Balaban J connectivity index is 1.58. The molecule has 0 bridgehead atoms. The Morgan fingerprint density at radius 2 is 2.23 bits per heavy atom. The van der Waals surface area contributed by atoms with Crippen LogP contribution in [0.1, 0.15) is 37.9 Å². The molecule has 2 fully saturated rings. The van der Waals surface area contributed by atoms with Gasteiger partial charge in [0, 0.05) is 48.9 Å². The van der Waals surface area contributed by atoms with Gasteiger partial charge in [-0.25, -0.2) is 4.98 Å². The first kappa shape index (κ1) is 19.4. The van der Waals surface area contributed by atoms with Crippen LogP contribution in [0.4, 0.5) is 13.2 Å². The number of fused-ring (bicyclic) bond motifs is 1. The lowest BCUT2D eigenvalue weighted by Gasteiger charge is -2.54. The molecule has 0 aromatic carbocycles. The van der Waals surface area contributed by atoms with Gasteiger partial charge in [0.25, 0.3) is 0 Å². The minimum absolute atomic E-state index is 0.0360. The van der Waals surface area contributed by atoms with Crippen LogP contribution in [0.2, 0.25) is 0 Å². The van der Waals surface area contributed by atoms with E-state index in [1.807, 2.05) is 6.92 Å². The van der Waals surface area contributed by atoms with E-state index >= 15 is 0 Å². The largest absolute Gasteiger partial charge is 0.434 e. The Bertz CT molecular complexity index is 659. The smallest absolute Gasteiger partial charge is 0.377 e. The number of nitrogens with one attached hydrogen (secondary N) is 2. The predicted molar refractivity (Wildman–Crippen MR) is 95.4 cm³/mol. The number of ether oxygens (including phenoxy) is 1. The topological polar surface area (TPSA) is 58.5 Å². The number of guanidine groups is 1. The second kappa shape index (κ2) is 7.34. The molecule has 0 spiro atoms. The molecule has 3 unspecified atom stereocenters. The van der Waals surface area contributed by atoms with Gasteiger partial charge in [-0.2, -0.15) is 13.2 Å². The molecule has 1 saturated heterocycles. The van der Waals surface area contributed by atoms with E-state index in [0.717, 1.165) is 36.3 Å². The number of hydrogen-bond acceptors (Lipinski definition) is 4. The monoisotopic (exact) mass is 390 g/mol. The number of rotatable bonds is 5. The van der Waals surface area contributed by atoms with Gasteiger partial charge in [-0.1, -0.05) is 13.8 Å². The fraction of sp³-hybridized carbons (Fsp3) is 0.765. The second-order valence-electron chi connectivity index (χ2n) is 7.32. The first-order valence-corrected chi connectivity index (χ1v) is 9.79. The summed E-state index contributed by atoms with van der Waals surface area (Å²) in [5.41, 5.74) is -0.788. The van der Waals surface area contributed by atoms with Gasteiger partial charge < -0.3 is 15.4 Å². The van der Waals surface area contributed by atoms with E-state index in [4.69, 9.17) is 4.74 Å². The maximum Gasteiger partial charge on any atom is 0.434 e. The molecule has 5 nitrogen and oxygen atoms in total. The van der Waals surface area contributed by atoms with Crippen molar-refractivity contribution in [1.29, 1.82) is 0 Å². The average molecular weight is 390 g/mol. The van der Waals surface area contributed by atoms with Crippen molar-refractivity contribution in [3.63, 3.8) is 0 Å². The Labute approximate surface area is 155 Å². The van der Waals surface area contributed by atoms with Crippen LogP contribution >= 0.6 is 11.3 Å². The van der Waals surface area contributed by atoms with Gasteiger partial charge in [-0.05, 0) is 13.3 Å². The van der Waals surface area contributed by atoms with E-state index in [0.29, 0.717) is 36.0 Å². The van der Waals surface area contributed by atoms with Crippen molar-refractivity contribution in [3.05, 3.63) is 16.1 Å². The minimum atomic E-state index is -4.38. The number of nitrogens with zero attached hydrogens (tertiary/aromatic N) is 2. The van der Waals surface area contributed by atoms with Crippen LogP contribution in [0.25, 0.3) is 0 Å². The second-order valence-corrected chi connectivity index (χ2v) is 8.26. The van der Waals surface area contributed by atoms with Gasteiger partial charge in [0.15, 0.2) is 11.7 Å². The van der Waals surface area contributed by atoms with Gasteiger partial charge in [-0.3, -0.25) is 4.99 Å². The van der Waals surface area contributed by atoms with Gasteiger partial charge in [0.1, 0.15) is 0 Å². The molecule has 1 aromatic heterocycles. The maximum atomic E-state index is 12.6. The molecule has 3 atom stereocenters. The molecule has 0 radical (unpaired) electrons. The Morgan fingerprint density at radius 3 is 2.88 bits per heavy atom. The van der Waals surface area contributed by atoms with Crippen LogP contribution in [-0.4, -0.2) is 42.8 Å². The fourth-order valence-corrected chi connectivity index (χ4v) is 4.70. The lowest BCUT2D eigenvalue weighted by Crippen LogP contribution is -2.68. The molecular weight excluding hydrogens is 365 g/mol. The number of alkyl halides is 3. The molecule has 2 aliphatic rings. The third-order valence-electron chi connectivity index (χ3n) is 5.17. The first-order valence-electron chi connectivity index (χ1n) is 8.91. The first-order chi connectivity index (χ1) is 12.2. The van der Waals surface area contributed by atoms with Crippen LogP contribution in [0.5, 0.6) is 0 Å². The van der Waals surface area contributed by atoms with Crippen LogP contribution < -0.4 is 10.6 Å². The minimum Gasteiger partial charge on any atom is -0.377 e. The molecule has 1 saturated carbocycles. The van der Waals surface area contributed by atoms with Crippen LogP contribution in [0.3, 0.4) is 0 Å². The van der Waals surface area contributed by atoms with E-state index in [1.54, 1.807) is 0 Å². The Hall–Kier alpha value is -1.35. The van der Waals surface area contributed by atoms with E-state index in [1.165, 1.54) is 0 Å². The quantitative estimate of drug-likeness (QED) is 0.599. The summed E-state index contributed by atoms with van der Waals surface area (Å²) < 4.78 is 43.6. The zero-order chi connectivity index (χ0) is 18.9. The summed E-state index contributed by atoms with van der Waals surface area (Å²) in [7, 11) is 0. The number of halogens is 3. The highest BCUT2D eigenvalue weighted by Gasteiger charge is 2.59. The molecule has 2 N–H and O–H groups in total. The summed E-state index contributed by atoms with van der Waals surface area (Å²) in [5, 5.41) is 8.21. The molecule has 1 aliphatic heterocycles. The molecule has 2 heterocycles. The zero-order valence-corrected chi connectivity index (χ0v) is 16.0. The van der Waals surface area contributed by atoms with Crippen molar-refractivity contribution in [1.82, 2.24) is 15.6 Å². The number of aliphatic imine (C=N–C) groups is 1. The van der Waals surface area contributed by atoms with Gasteiger partial charge in [0.2, 0.25) is 0 Å². The summed E-state index contributed by atoms with van der Waals surface area (Å²) in [5.74, 6) is 1.19. The molecule has 3 rings (SSSR count). The number of aromatic nitrogens is 1. The number of thiazole rings is 1. The van der Waals surface area contributed by atoms with E-state index in [-0.39, 0.29) is 11.5 Å². The third-order valence-corrected chi connectivity index (χ3v) is 6.08. The van der Waals surface area contributed by atoms with Crippen molar-refractivity contribution in [2.75, 3.05) is 19.7 Å². The molecule has 0 amide bonds. The van der Waals surface area contributed by atoms with Gasteiger partial charge >= 0.3 is 6.18 Å². The zero-order valence-electron chi connectivity index (χ0n) is 15.2. The van der Waals surface area contributed by atoms with Crippen LogP contribution in [0.15, 0.2) is 10.4 Å². The lowest BCUT2D eigenvalue weighted by atomic mass is 9.57. The normalized spacial score (nSPS) is 27.8. The highest BCUT2D eigenvalue weighted by molar-refractivity contribution is 7.09. The van der Waals surface area contributed by atoms with Crippen molar-refractivity contribution in [3.8, 4) is 0 Å². The summed E-state index contributed by atoms with van der Waals surface area (Å²) >= 11 is 1.03. The average Bonchev–Trinajstić information content (AvgIpc) is 3.20. The van der Waals surface area contributed by atoms with Crippen molar-refractivity contribution in [2.45, 2.75) is 51.9 Å². The predicted octanol–water partition coefficient (Wildman–Crippen LogP) is 3.07. The van der Waals surface area contributed by atoms with Gasteiger partial charge in [0.05, 0.1) is 11.1 Å². The van der Waals surface area contributed by atoms with Crippen LogP contribution in [0, 0.1) is 11.3 Å². The summed E-state index contributed by atoms with van der Waals surface area (Å²) in [6.45, 7) is 8.28. The van der Waals surface area contributed by atoms with Crippen molar-refractivity contribution in [2.24, 2.45) is 16.3 Å². The lowest BCUT2D eigenvalue weighted by molar-refractivity contribution is -0.140. The summed E-state index contributed by atoms with van der Waals surface area (Å²) in [6.07, 6.45) is -2.66. The Kier molecular flexibility index (Phi) is 5.48. The summed E-state index contributed by atoms with van der Waals surface area (Å²) in [6, 6.07) is 0.282. The number of hydrogen-bond donors (Lipinski definition) is 2. The Morgan fingerprint density at radius 1 is 1.46 bits per heavy atom. The van der Waals surface area contributed by atoms with E-state index in [9.17, 15) is 13.2 Å². The maximum absolute atomic E-state index is 12.6. The molecule has 26 heavy (non-hydrogen) atoms. The van der Waals surface area contributed by atoms with Crippen molar-refractivity contribution >= 4 is 17.3 Å². The van der Waals surface area contributed by atoms with E-state index < -0.39 is 11.9 Å². The SMILES string of the molecule is CCNC(=NCCc1nc(C(F)(F)F)cs1)NC1C2CCOC2C1(C)C. The molecule has 9 heteroatoms. The van der Waals surface area contributed by atoms with E-state index in [2.05, 4.69) is 34.5 Å².